The van der Waals surface area contributed by atoms with Crippen molar-refractivity contribution in [3.63, 3.8) is 0 Å². The molecule has 0 saturated heterocycles. The fraction of sp³-hybridized carbons (Fsp3) is 0.167. The van der Waals surface area contributed by atoms with E-state index in [4.69, 9.17) is 38.0 Å². The summed E-state index contributed by atoms with van der Waals surface area (Å²) in [5, 5.41) is 8.27. The Labute approximate surface area is 238 Å². The average Bonchev–Trinajstić information content (AvgIpc) is 2.92. The molecule has 192 valence electrons. The highest BCUT2D eigenvalue weighted by Crippen LogP contribution is 2.29. The molecule has 5 aromatic rings. The van der Waals surface area contributed by atoms with Gasteiger partial charge in [-0.2, -0.15) is 9.78 Å². The van der Waals surface area contributed by atoms with Gasteiger partial charge in [0.2, 0.25) is 0 Å². The molecule has 0 amide bonds. The van der Waals surface area contributed by atoms with Crippen LogP contribution >= 0.6 is 39.1 Å². The maximum atomic E-state index is 13.6. The van der Waals surface area contributed by atoms with E-state index in [0.29, 0.717) is 32.5 Å². The molecular formula is C30H24BrCl2N3O2. The molecule has 1 atom stereocenters. The summed E-state index contributed by atoms with van der Waals surface area (Å²) < 4.78 is 8.44. The third-order valence-electron chi connectivity index (χ3n) is 6.52. The molecule has 0 fully saturated rings. The summed E-state index contributed by atoms with van der Waals surface area (Å²) >= 11 is 15.9. The first kappa shape index (κ1) is 26.4. The minimum absolute atomic E-state index is 0.0307. The van der Waals surface area contributed by atoms with Gasteiger partial charge in [-0.25, -0.2) is 4.98 Å². The van der Waals surface area contributed by atoms with Crippen molar-refractivity contribution in [2.75, 3.05) is 0 Å². The van der Waals surface area contributed by atoms with Crippen LogP contribution in [0.1, 0.15) is 43.1 Å². The van der Waals surface area contributed by atoms with E-state index in [1.54, 1.807) is 24.4 Å². The molecule has 0 aliphatic heterocycles. The zero-order valence-corrected chi connectivity index (χ0v) is 23.9. The standard InChI is InChI=1S/C30H24BrCl2N3O2/c1-3-18(2)29-35-27-12-10-21(31)14-24(27)30(37)36(29)34-16-25-23-7-5-4-6-19(23)9-13-28(25)38-17-20-8-11-22(32)15-26(20)33/h4-16,18H,3,17H2,1-2H3/t18-/m1/s1. The lowest BCUT2D eigenvalue weighted by Crippen LogP contribution is -2.23. The monoisotopic (exact) mass is 607 g/mol. The summed E-state index contributed by atoms with van der Waals surface area (Å²) in [7, 11) is 0. The second-order valence-electron chi connectivity index (χ2n) is 9.03. The van der Waals surface area contributed by atoms with Gasteiger partial charge in [-0.05, 0) is 53.6 Å². The van der Waals surface area contributed by atoms with Crippen LogP contribution in [0.15, 0.2) is 87.2 Å². The van der Waals surface area contributed by atoms with Crippen LogP contribution in [0.2, 0.25) is 10.0 Å². The van der Waals surface area contributed by atoms with Crippen molar-refractivity contribution in [1.82, 2.24) is 9.66 Å². The summed E-state index contributed by atoms with van der Waals surface area (Å²) in [6.45, 7) is 4.36. The predicted molar refractivity (Wildman–Crippen MR) is 160 cm³/mol. The lowest BCUT2D eigenvalue weighted by molar-refractivity contribution is 0.306. The van der Waals surface area contributed by atoms with Crippen molar-refractivity contribution in [3.8, 4) is 5.75 Å². The molecule has 0 spiro atoms. The van der Waals surface area contributed by atoms with Crippen LogP contribution in [0.25, 0.3) is 21.7 Å². The van der Waals surface area contributed by atoms with E-state index in [-0.39, 0.29) is 18.1 Å². The molecule has 0 N–H and O–H groups in total. The first-order chi connectivity index (χ1) is 18.4. The summed E-state index contributed by atoms with van der Waals surface area (Å²) in [5.41, 5.74) is 1.99. The molecule has 0 radical (unpaired) electrons. The highest BCUT2D eigenvalue weighted by molar-refractivity contribution is 9.10. The maximum absolute atomic E-state index is 13.6. The molecule has 0 unspecified atom stereocenters. The van der Waals surface area contributed by atoms with Crippen molar-refractivity contribution in [3.05, 3.63) is 115 Å². The lowest BCUT2D eigenvalue weighted by atomic mass is 10.0. The lowest BCUT2D eigenvalue weighted by Gasteiger charge is -2.15. The quantitative estimate of drug-likeness (QED) is 0.174. The van der Waals surface area contributed by atoms with E-state index in [0.717, 1.165) is 32.8 Å². The van der Waals surface area contributed by atoms with E-state index in [9.17, 15) is 4.79 Å². The van der Waals surface area contributed by atoms with Crippen molar-refractivity contribution in [2.24, 2.45) is 5.10 Å². The van der Waals surface area contributed by atoms with E-state index in [1.165, 1.54) is 4.68 Å². The Hall–Kier alpha value is -3.19. The van der Waals surface area contributed by atoms with Crippen LogP contribution in [0.5, 0.6) is 5.75 Å². The summed E-state index contributed by atoms with van der Waals surface area (Å²) in [6.07, 6.45) is 2.49. The molecule has 0 saturated carbocycles. The Balaban J connectivity index is 1.63. The van der Waals surface area contributed by atoms with Crippen LogP contribution in [0.4, 0.5) is 0 Å². The Kier molecular flexibility index (Phi) is 7.84. The molecule has 0 aliphatic carbocycles. The zero-order valence-electron chi connectivity index (χ0n) is 20.8. The summed E-state index contributed by atoms with van der Waals surface area (Å²) in [6, 6.07) is 22.7. The van der Waals surface area contributed by atoms with Gasteiger partial charge in [0.15, 0.2) is 0 Å². The van der Waals surface area contributed by atoms with Gasteiger partial charge < -0.3 is 4.74 Å². The van der Waals surface area contributed by atoms with Crippen LogP contribution < -0.4 is 10.3 Å². The molecule has 8 heteroatoms. The van der Waals surface area contributed by atoms with Crippen LogP contribution in [0, 0.1) is 0 Å². The first-order valence-electron chi connectivity index (χ1n) is 12.2. The van der Waals surface area contributed by atoms with Crippen LogP contribution in [-0.2, 0) is 6.61 Å². The van der Waals surface area contributed by atoms with Crippen molar-refractivity contribution in [1.29, 1.82) is 0 Å². The number of nitrogens with zero attached hydrogens (tertiary/aromatic N) is 3. The third kappa shape index (κ3) is 5.35. The van der Waals surface area contributed by atoms with Gasteiger partial charge in [0, 0.05) is 31.6 Å². The third-order valence-corrected chi connectivity index (χ3v) is 7.60. The smallest absolute Gasteiger partial charge is 0.282 e. The number of aromatic nitrogens is 2. The number of ether oxygens (including phenoxy) is 1. The fourth-order valence-corrected chi connectivity index (χ4v) is 5.05. The van der Waals surface area contributed by atoms with Crippen molar-refractivity contribution < 1.29 is 4.74 Å². The van der Waals surface area contributed by atoms with E-state index >= 15 is 0 Å². The highest BCUT2D eigenvalue weighted by Gasteiger charge is 2.16. The Morgan fingerprint density at radius 2 is 1.87 bits per heavy atom. The molecule has 5 nitrogen and oxygen atoms in total. The topological polar surface area (TPSA) is 56.5 Å². The molecule has 0 bridgehead atoms. The number of benzene rings is 4. The molecule has 1 aromatic heterocycles. The summed E-state index contributed by atoms with van der Waals surface area (Å²) in [4.78, 5) is 18.4. The SMILES string of the molecule is CC[C@@H](C)c1nc2ccc(Br)cc2c(=O)n1N=Cc1c(OCc2ccc(Cl)cc2Cl)ccc2ccccc12. The van der Waals surface area contributed by atoms with Gasteiger partial charge in [-0.15, -0.1) is 0 Å². The average molecular weight is 609 g/mol. The molecule has 5 rings (SSSR count). The zero-order chi connectivity index (χ0) is 26.8. The summed E-state index contributed by atoms with van der Waals surface area (Å²) in [5.74, 6) is 1.26. The van der Waals surface area contributed by atoms with Crippen molar-refractivity contribution in [2.45, 2.75) is 32.8 Å². The molecule has 4 aromatic carbocycles. The largest absolute Gasteiger partial charge is 0.488 e. The van der Waals surface area contributed by atoms with Crippen LogP contribution in [-0.4, -0.2) is 15.9 Å². The molecular weight excluding hydrogens is 585 g/mol. The normalized spacial score (nSPS) is 12.4. The second kappa shape index (κ2) is 11.3. The predicted octanol–water partition coefficient (Wildman–Crippen LogP) is 8.59. The number of fused-ring (bicyclic) bond motifs is 2. The molecule has 0 aliphatic rings. The van der Waals surface area contributed by atoms with Gasteiger partial charge >= 0.3 is 0 Å². The molecule has 38 heavy (non-hydrogen) atoms. The number of rotatable bonds is 7. The molecule has 1 heterocycles. The Bertz CT molecular complexity index is 1750. The number of hydrogen-bond acceptors (Lipinski definition) is 4. The minimum atomic E-state index is -0.224. The van der Waals surface area contributed by atoms with Gasteiger partial charge in [-0.3, -0.25) is 4.79 Å². The van der Waals surface area contributed by atoms with E-state index in [1.807, 2.05) is 61.5 Å². The van der Waals surface area contributed by atoms with Gasteiger partial charge in [0.05, 0.1) is 17.1 Å². The fourth-order valence-electron chi connectivity index (χ4n) is 4.22. The minimum Gasteiger partial charge on any atom is -0.488 e. The van der Waals surface area contributed by atoms with E-state index < -0.39 is 0 Å². The number of halogens is 3. The Morgan fingerprint density at radius 3 is 2.66 bits per heavy atom. The highest BCUT2D eigenvalue weighted by atomic mass is 79.9. The van der Waals surface area contributed by atoms with Crippen molar-refractivity contribution >= 4 is 67.0 Å². The second-order valence-corrected chi connectivity index (χ2v) is 10.8. The van der Waals surface area contributed by atoms with E-state index in [2.05, 4.69) is 22.9 Å². The number of hydrogen-bond donors (Lipinski definition) is 0. The first-order valence-corrected chi connectivity index (χ1v) is 13.8. The Morgan fingerprint density at radius 1 is 1.05 bits per heavy atom. The van der Waals surface area contributed by atoms with Gasteiger partial charge in [0.1, 0.15) is 18.2 Å². The maximum Gasteiger partial charge on any atom is 0.282 e. The van der Waals surface area contributed by atoms with Gasteiger partial charge in [0.25, 0.3) is 5.56 Å². The van der Waals surface area contributed by atoms with Gasteiger partial charge in [-0.1, -0.05) is 89.4 Å². The van der Waals surface area contributed by atoms with Crippen LogP contribution in [0.3, 0.4) is 0 Å².